The number of hydrogen-bond donors (Lipinski definition) is 3. The van der Waals surface area contributed by atoms with E-state index in [2.05, 4.69) is 266 Å². The fraction of sp³-hybridized carbons (Fsp3) is 0.324. The molecule has 5 heterocycles. The predicted molar refractivity (Wildman–Crippen MR) is 331 cm³/mol. The first-order valence-corrected chi connectivity index (χ1v) is 28.4. The van der Waals surface area contributed by atoms with Gasteiger partial charge in [0.1, 0.15) is 12.0 Å². The Labute approximate surface area is 462 Å². The number of amidine groups is 1. The van der Waals surface area contributed by atoms with Crippen LogP contribution in [0.2, 0.25) is 0 Å². The zero-order valence-corrected chi connectivity index (χ0v) is 47.9. The molecule has 78 heavy (non-hydrogen) atoms. The van der Waals surface area contributed by atoms with Crippen LogP contribution in [0.15, 0.2) is 186 Å². The van der Waals surface area contributed by atoms with Crippen molar-refractivity contribution in [2.75, 3.05) is 6.54 Å². The van der Waals surface area contributed by atoms with Crippen LogP contribution in [0.3, 0.4) is 0 Å². The van der Waals surface area contributed by atoms with Gasteiger partial charge < -0.3 is 19.8 Å². The van der Waals surface area contributed by atoms with Gasteiger partial charge in [-0.15, -0.1) is 0 Å². The number of rotatable bonds is 7. The Morgan fingerprint density at radius 3 is 1.53 bits per heavy atom. The van der Waals surface area contributed by atoms with Gasteiger partial charge in [-0.1, -0.05) is 180 Å². The Kier molecular flexibility index (Phi) is 12.6. The number of nitrogens with zero attached hydrogens (tertiary/aromatic N) is 4. The molecule has 3 aromatic heterocycles. The summed E-state index contributed by atoms with van der Waals surface area (Å²) < 4.78 is 5.19. The summed E-state index contributed by atoms with van der Waals surface area (Å²) in [6, 6.07) is 45.8. The van der Waals surface area contributed by atoms with Gasteiger partial charge in [0.2, 0.25) is 0 Å². The molecule has 396 valence electrons. The van der Waals surface area contributed by atoms with Gasteiger partial charge in [-0.3, -0.25) is 10.3 Å². The highest BCUT2D eigenvalue weighted by molar-refractivity contribution is 6.13. The summed E-state index contributed by atoms with van der Waals surface area (Å²) >= 11 is 0. The first kappa shape index (κ1) is 51.3. The highest BCUT2D eigenvalue weighted by atomic mass is 15.3. The standard InChI is InChI=1S/C71H77N7/c1-68(2,3)45-30-34-59-53(40-45)54-41-46(69(4,5)6)31-35-60(54)77(59)63-49(57-28-16-18-38-72-57)24-20-26-51(63)66-74-65(44-22-14-13-15-23-44)75-67(76-66)52-27-21-25-50(58-29-17-19-39-73-58)64(52)78-61-36-32-47(70(7,8)9)42-55(61)56-43-48(71(10,11)12)33-37-62(56)78/h13-24,27-38,40-43,50-51,66-67,73,76H,25-26,39H2,1-12H3,(H,74,75). The van der Waals surface area contributed by atoms with Gasteiger partial charge in [0.05, 0.1) is 33.9 Å². The van der Waals surface area contributed by atoms with Gasteiger partial charge in [-0.2, -0.15) is 0 Å². The van der Waals surface area contributed by atoms with Gasteiger partial charge >= 0.3 is 0 Å². The van der Waals surface area contributed by atoms with E-state index >= 15 is 0 Å². The normalized spacial score (nSPS) is 20.5. The molecule has 4 unspecified atom stereocenters. The lowest BCUT2D eigenvalue weighted by Gasteiger charge is -2.41. The fourth-order valence-corrected chi connectivity index (χ4v) is 12.4. The molecule has 12 rings (SSSR count). The fourth-order valence-electron chi connectivity index (χ4n) is 12.4. The van der Waals surface area contributed by atoms with Gasteiger partial charge in [-0.25, -0.2) is 4.99 Å². The van der Waals surface area contributed by atoms with Crippen molar-refractivity contribution in [3.8, 4) is 0 Å². The molecule has 0 radical (unpaired) electrons. The molecule has 0 saturated carbocycles. The summed E-state index contributed by atoms with van der Waals surface area (Å²) in [7, 11) is 0. The van der Waals surface area contributed by atoms with E-state index in [1.54, 1.807) is 0 Å². The van der Waals surface area contributed by atoms with Crippen LogP contribution in [0.25, 0.3) is 60.6 Å². The van der Waals surface area contributed by atoms with Gasteiger partial charge in [0.25, 0.3) is 0 Å². The van der Waals surface area contributed by atoms with Crippen molar-refractivity contribution in [1.82, 2.24) is 30.1 Å². The van der Waals surface area contributed by atoms with E-state index in [0.717, 1.165) is 47.6 Å². The maximum Gasteiger partial charge on any atom is 0.131 e. The van der Waals surface area contributed by atoms with Crippen molar-refractivity contribution in [3.05, 3.63) is 215 Å². The van der Waals surface area contributed by atoms with Crippen LogP contribution < -0.4 is 16.0 Å². The third-order valence-electron chi connectivity index (χ3n) is 16.9. The van der Waals surface area contributed by atoms with Crippen molar-refractivity contribution < 1.29 is 0 Å². The predicted octanol–water partition coefficient (Wildman–Crippen LogP) is 16.3. The summed E-state index contributed by atoms with van der Waals surface area (Å²) in [5, 5.41) is 17.3. The molecule has 2 aliphatic heterocycles. The van der Waals surface area contributed by atoms with Crippen molar-refractivity contribution >= 4 is 66.4 Å². The minimum absolute atomic E-state index is 0.0213. The van der Waals surface area contributed by atoms with Crippen molar-refractivity contribution in [2.24, 2.45) is 16.8 Å². The molecule has 5 aromatic carbocycles. The smallest absolute Gasteiger partial charge is 0.131 e. The Balaban J connectivity index is 1.11. The Bertz CT molecular complexity index is 3750. The maximum atomic E-state index is 5.81. The minimum atomic E-state index is -0.428. The molecule has 8 aromatic rings. The number of fused-ring (bicyclic) bond motifs is 6. The molecule has 0 spiro atoms. The first-order valence-electron chi connectivity index (χ1n) is 28.4. The molecule has 0 saturated heterocycles. The summed E-state index contributed by atoms with van der Waals surface area (Å²) in [5.41, 5.74) is 18.0. The Morgan fingerprint density at radius 2 is 1.04 bits per heavy atom. The molecule has 0 bridgehead atoms. The molecular weight excluding hydrogens is 951 g/mol. The largest absolute Gasteiger partial charge is 0.384 e. The van der Waals surface area contributed by atoms with E-state index in [9.17, 15) is 0 Å². The van der Waals surface area contributed by atoms with Crippen LogP contribution in [0, 0.1) is 11.8 Å². The number of dihydropyridines is 1. The highest BCUT2D eigenvalue weighted by Crippen LogP contribution is 2.47. The van der Waals surface area contributed by atoms with Crippen LogP contribution in [0.5, 0.6) is 0 Å². The quantitative estimate of drug-likeness (QED) is 0.149. The molecule has 7 nitrogen and oxygen atoms in total. The second kappa shape index (κ2) is 19.2. The van der Waals surface area contributed by atoms with Crippen LogP contribution in [0.1, 0.15) is 129 Å². The monoisotopic (exact) mass is 1030 g/mol. The molecule has 0 amide bonds. The van der Waals surface area contributed by atoms with E-state index in [1.807, 2.05) is 12.3 Å². The van der Waals surface area contributed by atoms with Crippen LogP contribution in [-0.4, -0.2) is 38.8 Å². The topological polar surface area (TPSA) is 71.2 Å². The Hall–Kier alpha value is -7.48. The second-order valence-corrected chi connectivity index (χ2v) is 26.4. The van der Waals surface area contributed by atoms with E-state index in [-0.39, 0.29) is 39.7 Å². The number of allylic oxidation sites excluding steroid dienone is 7. The van der Waals surface area contributed by atoms with Crippen molar-refractivity contribution in [3.63, 3.8) is 0 Å². The Morgan fingerprint density at radius 1 is 0.526 bits per heavy atom. The summed E-state index contributed by atoms with van der Waals surface area (Å²) in [6.07, 6.45) is 19.0. The average Bonchev–Trinajstić information content (AvgIpc) is 4.03. The molecule has 3 N–H and O–H groups in total. The lowest BCUT2D eigenvalue weighted by atomic mass is 9.84. The molecule has 7 heteroatoms. The van der Waals surface area contributed by atoms with Crippen LogP contribution in [0.4, 0.5) is 0 Å². The summed E-state index contributed by atoms with van der Waals surface area (Å²) in [6.45, 7) is 28.6. The van der Waals surface area contributed by atoms with Gasteiger partial charge in [0.15, 0.2) is 0 Å². The maximum absolute atomic E-state index is 5.81. The number of benzene rings is 5. The van der Waals surface area contributed by atoms with Crippen molar-refractivity contribution in [2.45, 2.75) is 130 Å². The zero-order chi connectivity index (χ0) is 54.5. The first-order chi connectivity index (χ1) is 37.2. The highest BCUT2D eigenvalue weighted by Gasteiger charge is 2.40. The number of pyridine rings is 1. The number of aromatic nitrogens is 3. The third kappa shape index (κ3) is 9.17. The lowest BCUT2D eigenvalue weighted by molar-refractivity contribution is 0.347. The molecular formula is C71H77N7. The number of nitrogens with one attached hydrogen (secondary N) is 3. The van der Waals surface area contributed by atoms with Crippen LogP contribution >= 0.6 is 0 Å². The minimum Gasteiger partial charge on any atom is -0.384 e. The molecule has 4 atom stereocenters. The summed E-state index contributed by atoms with van der Waals surface area (Å²) in [4.78, 5) is 10.9. The lowest BCUT2D eigenvalue weighted by Crippen LogP contribution is -2.58. The molecule has 0 fully saturated rings. The van der Waals surface area contributed by atoms with Crippen LogP contribution in [-0.2, 0) is 21.7 Å². The molecule has 4 aliphatic rings. The number of hydrogen-bond acceptors (Lipinski definition) is 5. The van der Waals surface area contributed by atoms with E-state index < -0.39 is 6.17 Å². The van der Waals surface area contributed by atoms with Gasteiger partial charge in [0, 0.05) is 79.9 Å². The second-order valence-electron chi connectivity index (χ2n) is 26.4. The SMILES string of the molecule is CC(C)(C)c1ccc2c(c1)c1cc(C(C)(C)C)ccc1n2C1=C(C2N=C(c3ccccc3)NC(C3CC=CC(c4ccccn4)=C3n3c4ccc(C(C)(C)C)cc4c4cc(C(C)(C)C)ccc43)N2)C=CCC1C1=CC=CCN1. The van der Waals surface area contributed by atoms with Crippen molar-refractivity contribution in [1.29, 1.82) is 0 Å². The zero-order valence-electron chi connectivity index (χ0n) is 47.9. The van der Waals surface area contributed by atoms with E-state index in [1.165, 1.54) is 83.0 Å². The van der Waals surface area contributed by atoms with Gasteiger partial charge in [-0.05, 0) is 123 Å². The third-order valence-corrected chi connectivity index (χ3v) is 16.9. The summed E-state index contributed by atoms with van der Waals surface area (Å²) in [5.74, 6) is 0.824. The average molecular weight is 1030 g/mol. The molecule has 2 aliphatic carbocycles. The van der Waals surface area contributed by atoms with E-state index in [0.29, 0.717) is 0 Å². The van der Waals surface area contributed by atoms with E-state index in [4.69, 9.17) is 9.98 Å². The number of aliphatic imine (C=N–C) groups is 1.